The number of aryl methyl sites for hydroxylation is 2. The Hall–Kier alpha value is -0.730. The number of allylic oxidation sites excluding steroid dienone is 2. The summed E-state index contributed by atoms with van der Waals surface area (Å²) in [7, 11) is 0. The third kappa shape index (κ3) is 8.08. The average Bonchev–Trinajstić information content (AvgIpc) is 3.17. The maximum Gasteiger partial charge on any atom is 0.0771 e. The number of aliphatic hydroxyl groups excluding tert-OH is 5. The van der Waals surface area contributed by atoms with E-state index in [4.69, 9.17) is 16.7 Å². The number of thiophene rings is 1. The van der Waals surface area contributed by atoms with E-state index in [9.17, 15) is 20.4 Å². The minimum atomic E-state index is -0.660. The Bertz CT molecular complexity index is 670. The summed E-state index contributed by atoms with van der Waals surface area (Å²) in [6.07, 6.45) is 9.66. The summed E-state index contributed by atoms with van der Waals surface area (Å²) in [6, 6.07) is 1.95. The molecule has 1 fully saturated rings. The molecule has 0 aliphatic heterocycles. The molecule has 1 aliphatic rings. The second-order valence-corrected chi connectivity index (χ2v) is 9.94. The highest BCUT2D eigenvalue weighted by Gasteiger charge is 2.39. The number of aliphatic hydroxyl groups is 5. The van der Waals surface area contributed by atoms with E-state index in [0.717, 1.165) is 34.0 Å². The number of halogens is 1. The van der Waals surface area contributed by atoms with E-state index in [0.29, 0.717) is 25.7 Å². The second kappa shape index (κ2) is 13.0. The molecule has 7 heteroatoms. The van der Waals surface area contributed by atoms with Gasteiger partial charge >= 0.3 is 0 Å². The van der Waals surface area contributed by atoms with Gasteiger partial charge in [-0.2, -0.15) is 0 Å². The Morgan fingerprint density at radius 3 is 2.63 bits per heavy atom. The van der Waals surface area contributed by atoms with Crippen molar-refractivity contribution in [3.63, 3.8) is 0 Å². The Labute approximate surface area is 188 Å². The van der Waals surface area contributed by atoms with Crippen molar-refractivity contribution in [1.82, 2.24) is 0 Å². The van der Waals surface area contributed by atoms with Crippen molar-refractivity contribution in [2.45, 2.75) is 76.3 Å². The van der Waals surface area contributed by atoms with E-state index < -0.39 is 24.4 Å². The molecule has 0 spiro atoms. The van der Waals surface area contributed by atoms with Gasteiger partial charge in [-0.15, -0.1) is 11.3 Å². The maximum absolute atomic E-state index is 10.3. The quantitative estimate of drug-likeness (QED) is 0.244. The minimum absolute atomic E-state index is 0.0820. The molecule has 0 saturated heterocycles. The fraction of sp³-hybridized carbons (Fsp3) is 0.652. The molecular weight excluding hydrogens is 424 g/mol. The van der Waals surface area contributed by atoms with E-state index in [1.54, 1.807) is 17.4 Å². The van der Waals surface area contributed by atoms with Crippen LogP contribution in [-0.2, 0) is 6.42 Å². The molecule has 0 amide bonds. The number of hydrogen-bond donors (Lipinski definition) is 5. The van der Waals surface area contributed by atoms with E-state index >= 15 is 0 Å². The van der Waals surface area contributed by atoms with Crippen molar-refractivity contribution in [2.24, 2.45) is 11.8 Å². The van der Waals surface area contributed by atoms with Crippen molar-refractivity contribution in [3.8, 4) is 0 Å². The summed E-state index contributed by atoms with van der Waals surface area (Å²) >= 11 is 7.73. The van der Waals surface area contributed by atoms with Gasteiger partial charge in [0.2, 0.25) is 0 Å². The lowest BCUT2D eigenvalue weighted by molar-refractivity contribution is 0.0868. The Morgan fingerprint density at radius 1 is 1.20 bits per heavy atom. The molecule has 6 atom stereocenters. The van der Waals surface area contributed by atoms with Crippen molar-refractivity contribution in [1.29, 1.82) is 0 Å². The molecule has 2 rings (SSSR count). The molecule has 30 heavy (non-hydrogen) atoms. The monoisotopic (exact) mass is 458 g/mol. The van der Waals surface area contributed by atoms with Crippen LogP contribution in [0.1, 0.15) is 48.3 Å². The summed E-state index contributed by atoms with van der Waals surface area (Å²) in [4.78, 5) is 2.23. The lowest BCUT2D eigenvalue weighted by atomic mass is 9.89. The van der Waals surface area contributed by atoms with Gasteiger partial charge in [0.05, 0.1) is 36.0 Å². The zero-order valence-electron chi connectivity index (χ0n) is 17.5. The van der Waals surface area contributed by atoms with Crippen LogP contribution in [0, 0.1) is 18.8 Å². The van der Waals surface area contributed by atoms with Crippen LogP contribution in [0.5, 0.6) is 0 Å². The highest BCUT2D eigenvalue weighted by atomic mass is 35.5. The second-order valence-electron chi connectivity index (χ2n) is 8.19. The van der Waals surface area contributed by atoms with Crippen LogP contribution in [0.2, 0.25) is 5.02 Å². The molecule has 5 nitrogen and oxygen atoms in total. The molecule has 0 unspecified atom stereocenters. The van der Waals surface area contributed by atoms with Crippen molar-refractivity contribution < 1.29 is 25.5 Å². The van der Waals surface area contributed by atoms with Crippen LogP contribution >= 0.6 is 22.9 Å². The Balaban J connectivity index is 1.81. The van der Waals surface area contributed by atoms with Crippen LogP contribution in [0.3, 0.4) is 0 Å². The first kappa shape index (κ1) is 25.5. The van der Waals surface area contributed by atoms with Crippen molar-refractivity contribution >= 4 is 22.9 Å². The predicted octanol–water partition coefficient (Wildman–Crippen LogP) is 3.39. The summed E-state index contributed by atoms with van der Waals surface area (Å²) in [6.45, 7) is 1.77. The highest BCUT2D eigenvalue weighted by Crippen LogP contribution is 2.36. The third-order valence-corrected chi connectivity index (χ3v) is 7.37. The van der Waals surface area contributed by atoms with Gasteiger partial charge in [-0.3, -0.25) is 0 Å². The van der Waals surface area contributed by atoms with Gasteiger partial charge in [0.25, 0.3) is 0 Å². The minimum Gasteiger partial charge on any atom is -0.394 e. The lowest BCUT2D eigenvalue weighted by Crippen LogP contribution is -2.20. The largest absolute Gasteiger partial charge is 0.394 e. The standard InChI is InChI=1S/C23H35ClO5S/c1-15-21(24)12-18(30-15)10-8-16(26)9-11-20-19(22(28)13-23(20)29)7-5-3-2-4-6-17(27)14-25/h3,5,9,11-12,16-17,19-20,22-23,25-29H,2,4,6-8,10,13-14H2,1H3/t16-,17+,19+,20+,22-,23+/m0/s1. The predicted molar refractivity (Wildman–Crippen MR) is 122 cm³/mol. The smallest absolute Gasteiger partial charge is 0.0771 e. The van der Waals surface area contributed by atoms with Crippen LogP contribution in [0.15, 0.2) is 30.4 Å². The Morgan fingerprint density at radius 2 is 1.97 bits per heavy atom. The SMILES string of the molecule is Cc1sc(CC[C@H](O)C=C[C@@H]2[C@@H](CC=CCCC[C@@H](O)CO)[C@@H](O)C[C@H]2O)cc1Cl. The molecule has 5 N–H and O–H groups in total. The van der Waals surface area contributed by atoms with Crippen LogP contribution < -0.4 is 0 Å². The fourth-order valence-electron chi connectivity index (χ4n) is 3.92. The lowest BCUT2D eigenvalue weighted by Gasteiger charge is -2.19. The molecular formula is C23H35ClO5S. The number of hydrogen-bond acceptors (Lipinski definition) is 6. The zero-order chi connectivity index (χ0) is 22.1. The van der Waals surface area contributed by atoms with Crippen LogP contribution in [0.25, 0.3) is 0 Å². The highest BCUT2D eigenvalue weighted by molar-refractivity contribution is 7.12. The first-order valence-corrected chi connectivity index (χ1v) is 11.9. The summed E-state index contributed by atoms with van der Waals surface area (Å²) in [5.41, 5.74) is 0. The maximum atomic E-state index is 10.3. The molecule has 0 aromatic carbocycles. The van der Waals surface area contributed by atoms with Gasteiger partial charge in [-0.05, 0) is 57.4 Å². The molecule has 0 bridgehead atoms. The molecule has 1 saturated carbocycles. The molecule has 1 aromatic rings. The van der Waals surface area contributed by atoms with E-state index in [-0.39, 0.29) is 18.4 Å². The topological polar surface area (TPSA) is 101 Å². The summed E-state index contributed by atoms with van der Waals surface area (Å²) in [5, 5.41) is 49.9. The average molecular weight is 459 g/mol. The van der Waals surface area contributed by atoms with Gasteiger partial charge < -0.3 is 25.5 Å². The molecule has 1 heterocycles. The molecule has 1 aromatic heterocycles. The van der Waals surface area contributed by atoms with Crippen LogP contribution in [0.4, 0.5) is 0 Å². The van der Waals surface area contributed by atoms with Gasteiger partial charge in [-0.25, -0.2) is 0 Å². The van der Waals surface area contributed by atoms with E-state index in [1.807, 2.05) is 31.2 Å². The van der Waals surface area contributed by atoms with E-state index in [1.165, 1.54) is 0 Å². The van der Waals surface area contributed by atoms with Gasteiger partial charge in [0.1, 0.15) is 0 Å². The fourth-order valence-corrected chi connectivity index (χ4v) is 5.18. The third-order valence-electron chi connectivity index (χ3n) is 5.76. The van der Waals surface area contributed by atoms with E-state index in [2.05, 4.69) is 0 Å². The number of unbranched alkanes of at least 4 members (excludes halogenated alkanes) is 1. The van der Waals surface area contributed by atoms with Gasteiger partial charge in [0, 0.05) is 22.1 Å². The molecule has 1 aliphatic carbocycles. The Kier molecular flexibility index (Phi) is 11.0. The zero-order valence-corrected chi connectivity index (χ0v) is 19.1. The summed E-state index contributed by atoms with van der Waals surface area (Å²) in [5.74, 6) is -0.268. The summed E-state index contributed by atoms with van der Waals surface area (Å²) < 4.78 is 0. The van der Waals surface area contributed by atoms with Gasteiger partial charge in [0.15, 0.2) is 0 Å². The van der Waals surface area contributed by atoms with Crippen molar-refractivity contribution in [2.75, 3.05) is 6.61 Å². The van der Waals surface area contributed by atoms with Crippen molar-refractivity contribution in [3.05, 3.63) is 45.1 Å². The van der Waals surface area contributed by atoms with Gasteiger partial charge in [-0.1, -0.05) is 35.9 Å². The molecule has 170 valence electrons. The van der Waals surface area contributed by atoms with Crippen LogP contribution in [-0.4, -0.2) is 56.6 Å². The first-order valence-electron chi connectivity index (χ1n) is 10.7. The normalized spacial score (nSPS) is 26.8. The first-order chi connectivity index (χ1) is 14.3. The number of rotatable bonds is 12. The molecule has 0 radical (unpaired) electrons.